The van der Waals surface area contributed by atoms with E-state index in [1.54, 1.807) is 23.1 Å². The number of carboxylic acids is 1. The van der Waals surface area contributed by atoms with E-state index in [1.165, 1.54) is 0 Å². The quantitative estimate of drug-likeness (QED) is 0.767. The van der Waals surface area contributed by atoms with Crippen molar-refractivity contribution in [3.05, 3.63) is 29.3 Å². The summed E-state index contributed by atoms with van der Waals surface area (Å²) < 4.78 is 11.2. The van der Waals surface area contributed by atoms with Crippen molar-refractivity contribution in [3.8, 4) is 5.75 Å². The highest BCUT2D eigenvalue weighted by atomic mass is 16.6. The van der Waals surface area contributed by atoms with Gasteiger partial charge in [0.1, 0.15) is 11.4 Å². The number of rotatable bonds is 6. The number of benzene rings is 1. The van der Waals surface area contributed by atoms with E-state index in [9.17, 15) is 9.59 Å². The Morgan fingerprint density at radius 2 is 1.81 bits per heavy atom. The third-order valence-corrected chi connectivity index (χ3v) is 4.32. The number of aryl methyl sites for hydroxylation is 1. The van der Waals surface area contributed by atoms with Crippen molar-refractivity contribution >= 4 is 12.1 Å². The van der Waals surface area contributed by atoms with E-state index < -0.39 is 11.6 Å². The van der Waals surface area contributed by atoms with Gasteiger partial charge in [-0.25, -0.2) is 9.59 Å². The van der Waals surface area contributed by atoms with E-state index in [4.69, 9.17) is 14.6 Å². The molecule has 1 aliphatic rings. The van der Waals surface area contributed by atoms with E-state index in [-0.39, 0.29) is 11.7 Å². The molecule has 0 atom stereocenters. The average Bonchev–Trinajstić information content (AvgIpc) is 2.58. The van der Waals surface area contributed by atoms with Crippen LogP contribution in [0.2, 0.25) is 0 Å². The minimum absolute atomic E-state index is 0.245. The summed E-state index contributed by atoms with van der Waals surface area (Å²) in [4.78, 5) is 27.1. The maximum atomic E-state index is 12.1. The van der Waals surface area contributed by atoms with Crippen LogP contribution in [0.1, 0.15) is 43.1 Å². The summed E-state index contributed by atoms with van der Waals surface area (Å²) >= 11 is 0. The Morgan fingerprint density at radius 1 is 1.15 bits per heavy atom. The molecular formula is C20H30N2O5. The SMILES string of the molecule is Cc1cc(C(=O)O)ccc1OCCCN1CCN(C(=O)OC(C)(C)C)CC1. The Morgan fingerprint density at radius 3 is 2.37 bits per heavy atom. The fourth-order valence-electron chi connectivity index (χ4n) is 2.90. The molecule has 0 bridgehead atoms. The molecule has 0 spiro atoms. The van der Waals surface area contributed by atoms with Gasteiger partial charge in [0, 0.05) is 32.7 Å². The van der Waals surface area contributed by atoms with E-state index in [0.717, 1.165) is 37.4 Å². The third-order valence-electron chi connectivity index (χ3n) is 4.32. The number of hydrogen-bond donors (Lipinski definition) is 1. The summed E-state index contributed by atoms with van der Waals surface area (Å²) in [7, 11) is 0. The summed E-state index contributed by atoms with van der Waals surface area (Å²) in [6, 6.07) is 4.88. The molecule has 7 heteroatoms. The minimum Gasteiger partial charge on any atom is -0.493 e. The van der Waals surface area contributed by atoms with Crippen LogP contribution in [0.5, 0.6) is 5.75 Å². The molecule has 1 aromatic carbocycles. The van der Waals surface area contributed by atoms with Crippen LogP contribution in [0.4, 0.5) is 4.79 Å². The first-order valence-electron chi connectivity index (χ1n) is 9.33. The predicted molar refractivity (Wildman–Crippen MR) is 102 cm³/mol. The summed E-state index contributed by atoms with van der Waals surface area (Å²) in [6.45, 7) is 11.9. The van der Waals surface area contributed by atoms with Crippen molar-refractivity contribution in [2.24, 2.45) is 0 Å². The van der Waals surface area contributed by atoms with Crippen LogP contribution >= 0.6 is 0 Å². The maximum absolute atomic E-state index is 12.1. The van der Waals surface area contributed by atoms with E-state index >= 15 is 0 Å². The first kappa shape index (κ1) is 21.0. The van der Waals surface area contributed by atoms with Crippen LogP contribution in [-0.4, -0.2) is 71.9 Å². The zero-order valence-electron chi connectivity index (χ0n) is 16.7. The van der Waals surface area contributed by atoms with Gasteiger partial charge in [-0.15, -0.1) is 0 Å². The van der Waals surface area contributed by atoms with Crippen LogP contribution < -0.4 is 4.74 Å². The lowest BCUT2D eigenvalue weighted by molar-refractivity contribution is 0.0142. The van der Waals surface area contributed by atoms with Gasteiger partial charge in [-0.3, -0.25) is 4.90 Å². The summed E-state index contributed by atoms with van der Waals surface area (Å²) in [5.74, 6) is -0.218. The summed E-state index contributed by atoms with van der Waals surface area (Å²) in [5, 5.41) is 8.99. The lowest BCUT2D eigenvalue weighted by Crippen LogP contribution is -2.50. The molecule has 1 fully saturated rings. The monoisotopic (exact) mass is 378 g/mol. The van der Waals surface area contributed by atoms with Crippen LogP contribution in [0.25, 0.3) is 0 Å². The molecule has 7 nitrogen and oxygen atoms in total. The fraction of sp³-hybridized carbons (Fsp3) is 0.600. The molecule has 27 heavy (non-hydrogen) atoms. The highest BCUT2D eigenvalue weighted by Crippen LogP contribution is 2.19. The molecular weight excluding hydrogens is 348 g/mol. The van der Waals surface area contributed by atoms with Gasteiger partial charge in [-0.1, -0.05) is 0 Å². The van der Waals surface area contributed by atoms with Gasteiger partial charge >= 0.3 is 12.1 Å². The minimum atomic E-state index is -0.935. The van der Waals surface area contributed by atoms with Crippen molar-refractivity contribution in [1.82, 2.24) is 9.80 Å². The first-order chi connectivity index (χ1) is 12.7. The fourth-order valence-corrected chi connectivity index (χ4v) is 2.90. The molecule has 0 unspecified atom stereocenters. The Labute approximate surface area is 160 Å². The molecule has 1 heterocycles. The predicted octanol–water partition coefficient (Wildman–Crippen LogP) is 3.01. The number of ether oxygens (including phenoxy) is 2. The number of nitrogens with zero attached hydrogens (tertiary/aromatic N) is 2. The number of hydrogen-bond acceptors (Lipinski definition) is 5. The Balaban J connectivity index is 1.68. The first-order valence-corrected chi connectivity index (χ1v) is 9.33. The van der Waals surface area contributed by atoms with Gasteiger partial charge in [0.15, 0.2) is 0 Å². The van der Waals surface area contributed by atoms with Crippen LogP contribution in [0.3, 0.4) is 0 Å². The second kappa shape index (κ2) is 9.08. The molecule has 1 saturated heterocycles. The lowest BCUT2D eigenvalue weighted by Gasteiger charge is -2.35. The molecule has 0 aromatic heterocycles. The van der Waals surface area contributed by atoms with Crippen molar-refractivity contribution in [1.29, 1.82) is 0 Å². The van der Waals surface area contributed by atoms with Gasteiger partial charge in [-0.05, 0) is 57.9 Å². The number of carboxylic acid groups (broad SMARTS) is 1. The topological polar surface area (TPSA) is 79.3 Å². The smallest absolute Gasteiger partial charge is 0.410 e. The van der Waals surface area contributed by atoms with Gasteiger partial charge in [0.05, 0.1) is 12.2 Å². The molecule has 1 amide bonds. The largest absolute Gasteiger partial charge is 0.493 e. The number of aromatic carboxylic acids is 1. The van der Waals surface area contributed by atoms with Gasteiger partial charge in [-0.2, -0.15) is 0 Å². The number of carbonyl (C=O) groups is 2. The van der Waals surface area contributed by atoms with Crippen molar-refractivity contribution in [3.63, 3.8) is 0 Å². The second-order valence-electron chi connectivity index (χ2n) is 7.80. The molecule has 1 N–H and O–H groups in total. The normalized spacial score (nSPS) is 15.5. The standard InChI is InChI=1S/C20H30N2O5/c1-15-14-16(18(23)24)6-7-17(15)26-13-5-8-21-9-11-22(12-10-21)19(25)27-20(2,3)4/h6-7,14H,5,8-13H2,1-4H3,(H,23,24). The highest BCUT2D eigenvalue weighted by Gasteiger charge is 2.25. The zero-order chi connectivity index (χ0) is 20.0. The van der Waals surface area contributed by atoms with E-state index in [1.807, 2.05) is 27.7 Å². The number of amides is 1. The Kier molecular flexibility index (Phi) is 7.07. The second-order valence-corrected chi connectivity index (χ2v) is 7.80. The molecule has 0 aliphatic carbocycles. The summed E-state index contributed by atoms with van der Waals surface area (Å²) in [6.07, 6.45) is 0.623. The Hall–Kier alpha value is -2.28. The lowest BCUT2D eigenvalue weighted by atomic mass is 10.1. The number of carbonyl (C=O) groups excluding carboxylic acids is 1. The molecule has 0 saturated carbocycles. The third kappa shape index (κ3) is 6.75. The molecule has 2 rings (SSSR count). The van der Waals surface area contributed by atoms with Crippen LogP contribution in [-0.2, 0) is 4.74 Å². The maximum Gasteiger partial charge on any atom is 0.410 e. The highest BCUT2D eigenvalue weighted by molar-refractivity contribution is 5.88. The van der Waals surface area contributed by atoms with Gasteiger partial charge in [0.2, 0.25) is 0 Å². The Bertz CT molecular complexity index is 661. The van der Waals surface area contributed by atoms with Crippen molar-refractivity contribution in [2.75, 3.05) is 39.3 Å². The molecule has 1 aliphatic heterocycles. The van der Waals surface area contributed by atoms with Gasteiger partial charge in [0.25, 0.3) is 0 Å². The molecule has 0 radical (unpaired) electrons. The summed E-state index contributed by atoms with van der Waals surface area (Å²) in [5.41, 5.74) is 0.621. The van der Waals surface area contributed by atoms with Crippen LogP contribution in [0.15, 0.2) is 18.2 Å². The zero-order valence-corrected chi connectivity index (χ0v) is 16.7. The van der Waals surface area contributed by atoms with Crippen molar-refractivity contribution < 1.29 is 24.2 Å². The van der Waals surface area contributed by atoms with Gasteiger partial charge < -0.3 is 19.5 Å². The van der Waals surface area contributed by atoms with Crippen LogP contribution in [0, 0.1) is 6.92 Å². The van der Waals surface area contributed by atoms with E-state index in [2.05, 4.69) is 4.90 Å². The molecule has 1 aromatic rings. The van der Waals surface area contributed by atoms with E-state index in [0.29, 0.717) is 19.7 Å². The number of piperazine rings is 1. The average molecular weight is 378 g/mol. The molecule has 150 valence electrons. The van der Waals surface area contributed by atoms with Crippen molar-refractivity contribution in [2.45, 2.75) is 39.7 Å².